The molecule has 1 aliphatic rings. The van der Waals surface area contributed by atoms with Gasteiger partial charge in [0, 0.05) is 11.5 Å². The topological polar surface area (TPSA) is 71.0 Å². The molecule has 1 aromatic carbocycles. The van der Waals surface area contributed by atoms with Crippen molar-refractivity contribution in [2.75, 3.05) is 7.05 Å². The zero-order valence-corrected chi connectivity index (χ0v) is 15.2. The fourth-order valence-electron chi connectivity index (χ4n) is 2.11. The number of carbonyl (C=O) groups excluding carboxylic acids is 1. The predicted molar refractivity (Wildman–Crippen MR) is 98.2 cm³/mol. The Bertz CT molecular complexity index is 644. The molecular formula is C15H19BrN4OS. The number of nitrogens with zero attached hydrogens (tertiary/aromatic N) is 3. The van der Waals surface area contributed by atoms with Gasteiger partial charge in [-0.25, -0.2) is 4.99 Å². The van der Waals surface area contributed by atoms with Crippen LogP contribution in [0, 0.1) is 0 Å². The molecule has 1 aliphatic heterocycles. The third-order valence-electron chi connectivity index (χ3n) is 3.15. The lowest BCUT2D eigenvalue weighted by Gasteiger charge is -2.25. The van der Waals surface area contributed by atoms with E-state index in [0.29, 0.717) is 11.3 Å². The van der Waals surface area contributed by atoms with E-state index in [2.05, 4.69) is 45.3 Å². The van der Waals surface area contributed by atoms with E-state index < -0.39 is 5.54 Å². The molecule has 0 radical (unpaired) electrons. The highest BCUT2D eigenvalue weighted by atomic mass is 79.9. The second-order valence-corrected chi connectivity index (χ2v) is 5.40. The minimum atomic E-state index is -1.33. The molecule has 0 fully saturated rings. The number of hydrogen-bond acceptors (Lipinski definition) is 5. The summed E-state index contributed by atoms with van der Waals surface area (Å²) < 4.78 is 0.827. The number of benzene rings is 1. The second-order valence-electron chi connectivity index (χ2n) is 4.23. The first kappa shape index (κ1) is 18.4. The third kappa shape index (κ3) is 2.96. The second kappa shape index (κ2) is 7.60. The van der Waals surface area contributed by atoms with E-state index in [0.717, 1.165) is 4.47 Å². The van der Waals surface area contributed by atoms with E-state index in [9.17, 15) is 4.79 Å². The maximum Gasteiger partial charge on any atom is 0.267 e. The summed E-state index contributed by atoms with van der Waals surface area (Å²) in [5.74, 6) is -0.160. The van der Waals surface area contributed by atoms with Gasteiger partial charge < -0.3 is 5.73 Å². The molecule has 0 saturated carbocycles. The number of carbonyl (C=O) groups is 1. The number of amides is 1. The Hall–Kier alpha value is -1.60. The maximum absolute atomic E-state index is 12.7. The van der Waals surface area contributed by atoms with Crippen LogP contribution in [-0.2, 0) is 10.3 Å². The van der Waals surface area contributed by atoms with E-state index in [-0.39, 0.29) is 11.9 Å². The van der Waals surface area contributed by atoms with Crippen molar-refractivity contribution in [1.29, 1.82) is 0 Å². The summed E-state index contributed by atoms with van der Waals surface area (Å²) in [6.45, 7) is 7.49. The van der Waals surface area contributed by atoms with E-state index in [1.807, 2.05) is 26.0 Å². The summed E-state index contributed by atoms with van der Waals surface area (Å²) in [7, 11) is 1.57. The quantitative estimate of drug-likeness (QED) is 0.622. The first-order chi connectivity index (χ1) is 10.5. The third-order valence-corrected chi connectivity index (χ3v) is 3.88. The van der Waals surface area contributed by atoms with Gasteiger partial charge >= 0.3 is 0 Å². The molecule has 2 N–H and O–H groups in total. The number of halogens is 1. The van der Waals surface area contributed by atoms with Gasteiger partial charge in [-0.3, -0.25) is 14.7 Å². The molecule has 1 aromatic rings. The average molecular weight is 383 g/mol. The van der Waals surface area contributed by atoms with Crippen molar-refractivity contribution < 1.29 is 4.79 Å². The standard InChI is InChI=1S/C13H13BrN4OS.C2H6/c1-16-10(7-20)13(8-4-3-5-9(14)6-8)11(19)18(2)12(15)17-13;1-2/h3-7,20H,1H2,2H3,(H2,15,17);1-2H3/b10-7-;. The molecule has 1 amide bonds. The molecule has 7 heteroatoms. The SMILES string of the molecule is C=N/C(=C\S)C1(c2cccc(Br)c2)N=C(N)N(C)C1=O.CC. The molecule has 2 rings (SSSR count). The lowest BCUT2D eigenvalue weighted by atomic mass is 9.87. The zero-order chi connectivity index (χ0) is 16.9. The van der Waals surface area contributed by atoms with Crippen LogP contribution in [0.25, 0.3) is 0 Å². The fraction of sp³-hybridized carbons (Fsp3) is 0.267. The number of likely N-dealkylation sites (N-methyl/N-ethyl adjacent to an activating group) is 1. The van der Waals surface area contributed by atoms with Crippen LogP contribution in [0.3, 0.4) is 0 Å². The van der Waals surface area contributed by atoms with Gasteiger partial charge in [0.05, 0.1) is 5.70 Å². The molecule has 1 unspecified atom stereocenters. The van der Waals surface area contributed by atoms with E-state index in [1.54, 1.807) is 19.2 Å². The number of thiol groups is 1. The molecule has 0 aliphatic carbocycles. The van der Waals surface area contributed by atoms with Gasteiger partial charge in [0.25, 0.3) is 5.91 Å². The number of hydrogen-bond donors (Lipinski definition) is 2. The van der Waals surface area contributed by atoms with Crippen molar-refractivity contribution in [1.82, 2.24) is 4.90 Å². The summed E-state index contributed by atoms with van der Waals surface area (Å²) in [6, 6.07) is 7.27. The molecule has 1 atom stereocenters. The van der Waals surface area contributed by atoms with Gasteiger partial charge in [0.1, 0.15) is 0 Å². The Balaban J connectivity index is 0.00000116. The summed E-state index contributed by atoms with van der Waals surface area (Å²) >= 11 is 7.50. The molecule has 0 bridgehead atoms. The van der Waals surface area contributed by atoms with Crippen molar-refractivity contribution >= 4 is 47.1 Å². The monoisotopic (exact) mass is 382 g/mol. The van der Waals surface area contributed by atoms with Crippen molar-refractivity contribution in [3.05, 3.63) is 45.4 Å². The van der Waals surface area contributed by atoms with E-state index in [1.165, 1.54) is 10.3 Å². The van der Waals surface area contributed by atoms with Gasteiger partial charge in [0.2, 0.25) is 5.54 Å². The van der Waals surface area contributed by atoms with E-state index in [4.69, 9.17) is 5.73 Å². The first-order valence-electron chi connectivity index (χ1n) is 6.68. The number of nitrogens with two attached hydrogens (primary N) is 1. The number of aliphatic imine (C=N–C) groups is 2. The van der Waals surface area contributed by atoms with Crippen LogP contribution >= 0.6 is 28.6 Å². The molecular weight excluding hydrogens is 364 g/mol. The summed E-state index contributed by atoms with van der Waals surface area (Å²) in [6.07, 6.45) is 0. The maximum atomic E-state index is 12.7. The lowest BCUT2D eigenvalue weighted by Crippen LogP contribution is -2.41. The van der Waals surface area contributed by atoms with Gasteiger partial charge in [-0.1, -0.05) is 41.9 Å². The molecule has 0 aromatic heterocycles. The van der Waals surface area contributed by atoms with Gasteiger partial charge in [-0.2, -0.15) is 0 Å². The van der Waals surface area contributed by atoms with Gasteiger partial charge in [-0.15, -0.1) is 12.6 Å². The Labute approximate surface area is 144 Å². The van der Waals surface area contributed by atoms with Crippen molar-refractivity contribution in [2.24, 2.45) is 15.7 Å². The number of rotatable bonds is 3. The van der Waals surface area contributed by atoms with Crippen LogP contribution in [0.5, 0.6) is 0 Å². The molecule has 22 heavy (non-hydrogen) atoms. The van der Waals surface area contributed by atoms with Crippen LogP contribution in [0.2, 0.25) is 0 Å². The molecule has 0 saturated heterocycles. The predicted octanol–water partition coefficient (Wildman–Crippen LogP) is 2.93. The molecule has 118 valence electrons. The van der Waals surface area contributed by atoms with Crippen molar-refractivity contribution in [2.45, 2.75) is 19.4 Å². The first-order valence-corrected chi connectivity index (χ1v) is 7.99. The van der Waals surface area contributed by atoms with Gasteiger partial charge in [-0.05, 0) is 29.8 Å². The molecule has 5 nitrogen and oxygen atoms in total. The normalized spacial score (nSPS) is 21.1. The highest BCUT2D eigenvalue weighted by Crippen LogP contribution is 2.40. The van der Waals surface area contributed by atoms with Crippen molar-refractivity contribution in [3.8, 4) is 0 Å². The van der Waals surface area contributed by atoms with Crippen LogP contribution in [0.1, 0.15) is 19.4 Å². The van der Waals surface area contributed by atoms with Crippen LogP contribution in [0.15, 0.2) is 49.8 Å². The molecule has 1 heterocycles. The highest BCUT2D eigenvalue weighted by molar-refractivity contribution is 9.10. The number of guanidine groups is 1. The van der Waals surface area contributed by atoms with Crippen molar-refractivity contribution in [3.63, 3.8) is 0 Å². The minimum Gasteiger partial charge on any atom is -0.369 e. The average Bonchev–Trinajstić information content (AvgIpc) is 2.76. The van der Waals surface area contributed by atoms with Crippen LogP contribution in [-0.4, -0.2) is 30.5 Å². The summed E-state index contributed by atoms with van der Waals surface area (Å²) in [5.41, 5.74) is 5.45. The smallest absolute Gasteiger partial charge is 0.267 e. The van der Waals surface area contributed by atoms with E-state index >= 15 is 0 Å². The summed E-state index contributed by atoms with van der Waals surface area (Å²) in [4.78, 5) is 22.2. The Morgan fingerprint density at radius 2 is 2.18 bits per heavy atom. The van der Waals surface area contributed by atoms with Gasteiger partial charge in [0.15, 0.2) is 5.96 Å². The minimum absolute atomic E-state index is 0.131. The van der Waals surface area contributed by atoms with Crippen LogP contribution in [0.4, 0.5) is 0 Å². The molecule has 0 spiro atoms. The zero-order valence-electron chi connectivity index (χ0n) is 12.7. The lowest BCUT2D eigenvalue weighted by molar-refractivity contribution is -0.129. The largest absolute Gasteiger partial charge is 0.369 e. The van der Waals surface area contributed by atoms with Crippen LogP contribution < -0.4 is 5.73 Å². The summed E-state index contributed by atoms with van der Waals surface area (Å²) in [5, 5.41) is 1.42. The Kier molecular flexibility index (Phi) is 6.37. The Morgan fingerprint density at radius 1 is 1.55 bits per heavy atom. The fourth-order valence-corrected chi connectivity index (χ4v) is 2.77. The highest BCUT2D eigenvalue weighted by Gasteiger charge is 2.51. The Morgan fingerprint density at radius 3 is 2.59 bits per heavy atom.